The summed E-state index contributed by atoms with van der Waals surface area (Å²) in [5.41, 5.74) is 6.48. The van der Waals surface area contributed by atoms with E-state index in [1.165, 1.54) is 7.11 Å². The van der Waals surface area contributed by atoms with Gasteiger partial charge in [-0.15, -0.1) is 11.3 Å². The highest BCUT2D eigenvalue weighted by Crippen LogP contribution is 2.31. The van der Waals surface area contributed by atoms with Gasteiger partial charge in [0, 0.05) is 0 Å². The van der Waals surface area contributed by atoms with Crippen molar-refractivity contribution in [2.45, 2.75) is 26.9 Å². The normalized spacial score (nSPS) is 10.4. The Bertz CT molecular complexity index is 451. The molecule has 0 radical (unpaired) electrons. The van der Waals surface area contributed by atoms with Crippen molar-refractivity contribution >= 4 is 28.3 Å². The van der Waals surface area contributed by atoms with Gasteiger partial charge in [-0.25, -0.2) is 9.59 Å². The summed E-state index contributed by atoms with van der Waals surface area (Å²) in [6, 6.07) is 0. The van der Waals surface area contributed by atoms with Crippen molar-refractivity contribution in [1.82, 2.24) is 0 Å². The molecule has 0 amide bonds. The number of nitrogen functional groups attached to an aromatic ring is 1. The quantitative estimate of drug-likeness (QED) is 0.838. The molecule has 0 aliphatic heterocycles. The maximum absolute atomic E-state index is 11.8. The minimum atomic E-state index is -0.513. The van der Waals surface area contributed by atoms with Crippen molar-refractivity contribution in [3.8, 4) is 0 Å². The molecule has 1 heterocycles. The number of esters is 2. The number of nitrogens with two attached hydrogens (primary N) is 1. The van der Waals surface area contributed by atoms with Crippen LogP contribution >= 0.6 is 11.3 Å². The van der Waals surface area contributed by atoms with Crippen molar-refractivity contribution in [2.24, 2.45) is 0 Å². The fourth-order valence-corrected chi connectivity index (χ4v) is 2.33. The Morgan fingerprint density at radius 1 is 1.29 bits per heavy atom. The summed E-state index contributed by atoms with van der Waals surface area (Å²) >= 11 is 1.03. The van der Waals surface area contributed by atoms with E-state index in [-0.39, 0.29) is 16.7 Å². The minimum absolute atomic E-state index is 0.234. The van der Waals surface area contributed by atoms with E-state index < -0.39 is 11.9 Å². The Morgan fingerprint density at radius 3 is 2.35 bits per heavy atom. The molecule has 0 fully saturated rings. The van der Waals surface area contributed by atoms with Crippen molar-refractivity contribution in [3.05, 3.63) is 16.0 Å². The molecule has 0 atom stereocenters. The number of thiophene rings is 1. The third-order valence-electron chi connectivity index (χ3n) is 2.09. The van der Waals surface area contributed by atoms with E-state index in [1.807, 2.05) is 0 Å². The predicted octanol–water partition coefficient (Wildman–Crippen LogP) is 1.99. The number of carbonyl (C=O) groups excluding carboxylic acids is 2. The summed E-state index contributed by atoms with van der Waals surface area (Å²) in [7, 11) is 1.28. The summed E-state index contributed by atoms with van der Waals surface area (Å²) < 4.78 is 9.67. The van der Waals surface area contributed by atoms with Crippen molar-refractivity contribution in [1.29, 1.82) is 0 Å². The summed E-state index contributed by atoms with van der Waals surface area (Å²) in [4.78, 5) is 23.5. The Labute approximate surface area is 104 Å². The zero-order valence-electron chi connectivity index (χ0n) is 10.2. The lowest BCUT2D eigenvalue weighted by molar-refractivity contribution is 0.0379. The van der Waals surface area contributed by atoms with Gasteiger partial charge in [-0.05, 0) is 26.3 Å². The van der Waals surface area contributed by atoms with Crippen LogP contribution in [0.1, 0.15) is 39.4 Å². The second-order valence-electron chi connectivity index (χ2n) is 3.74. The van der Waals surface area contributed by atoms with Gasteiger partial charge in [-0.1, -0.05) is 0 Å². The molecule has 0 aliphatic rings. The van der Waals surface area contributed by atoms with Crippen LogP contribution in [0.4, 0.5) is 5.00 Å². The average Bonchev–Trinajstić information content (AvgIpc) is 2.52. The third kappa shape index (κ3) is 2.76. The minimum Gasteiger partial charge on any atom is -0.465 e. The number of hydrogen-bond donors (Lipinski definition) is 1. The lowest BCUT2D eigenvalue weighted by Gasteiger charge is -2.08. The molecule has 1 aromatic rings. The highest BCUT2D eigenvalue weighted by molar-refractivity contribution is 7.18. The van der Waals surface area contributed by atoms with Crippen LogP contribution in [0.5, 0.6) is 0 Å². The lowest BCUT2D eigenvalue weighted by atomic mass is 10.1. The second-order valence-corrected chi connectivity index (χ2v) is 4.79. The van der Waals surface area contributed by atoms with Gasteiger partial charge in [-0.2, -0.15) is 0 Å². The summed E-state index contributed by atoms with van der Waals surface area (Å²) in [6.45, 7) is 5.14. The molecule has 0 aromatic carbocycles. The SMILES string of the molecule is COC(=O)c1sc(N)c(C(=O)OC(C)C)c1C. The topological polar surface area (TPSA) is 78.6 Å². The number of anilines is 1. The standard InChI is InChI=1S/C11H15NO4S/c1-5(2)16-10(13)7-6(3)8(11(14)15-4)17-9(7)12/h5H,12H2,1-4H3. The molecule has 17 heavy (non-hydrogen) atoms. The first-order chi connectivity index (χ1) is 7.88. The van der Waals surface area contributed by atoms with E-state index in [9.17, 15) is 9.59 Å². The maximum Gasteiger partial charge on any atom is 0.348 e. The molecule has 6 heteroatoms. The van der Waals surface area contributed by atoms with Crippen molar-refractivity contribution in [2.75, 3.05) is 12.8 Å². The fourth-order valence-electron chi connectivity index (χ4n) is 1.35. The first kappa shape index (κ1) is 13.5. The van der Waals surface area contributed by atoms with Crippen molar-refractivity contribution in [3.63, 3.8) is 0 Å². The number of rotatable bonds is 3. The highest BCUT2D eigenvalue weighted by Gasteiger charge is 2.25. The van der Waals surface area contributed by atoms with Gasteiger partial charge < -0.3 is 15.2 Å². The molecule has 1 rings (SSSR count). The van der Waals surface area contributed by atoms with Gasteiger partial charge in [0.25, 0.3) is 0 Å². The van der Waals surface area contributed by atoms with Crippen molar-refractivity contribution < 1.29 is 19.1 Å². The van der Waals surface area contributed by atoms with Crippen LogP contribution in [0.15, 0.2) is 0 Å². The van der Waals surface area contributed by atoms with E-state index in [1.54, 1.807) is 20.8 Å². The molecular formula is C11H15NO4S. The molecule has 0 bridgehead atoms. The van der Waals surface area contributed by atoms with Crippen LogP contribution in [-0.2, 0) is 9.47 Å². The Kier molecular flexibility index (Phi) is 4.11. The smallest absolute Gasteiger partial charge is 0.348 e. The van der Waals surface area contributed by atoms with Gasteiger partial charge >= 0.3 is 11.9 Å². The maximum atomic E-state index is 11.8. The zero-order valence-corrected chi connectivity index (χ0v) is 11.0. The first-order valence-corrected chi connectivity index (χ1v) is 5.88. The molecule has 0 unspecified atom stereocenters. The van der Waals surface area contributed by atoms with Crippen LogP contribution in [0.2, 0.25) is 0 Å². The third-order valence-corrected chi connectivity index (χ3v) is 3.19. The number of ether oxygens (including phenoxy) is 2. The van der Waals surface area contributed by atoms with E-state index in [0.717, 1.165) is 11.3 Å². The predicted molar refractivity (Wildman–Crippen MR) is 65.4 cm³/mol. The largest absolute Gasteiger partial charge is 0.465 e. The molecule has 2 N–H and O–H groups in total. The van der Waals surface area contributed by atoms with E-state index in [0.29, 0.717) is 10.4 Å². The van der Waals surface area contributed by atoms with Crippen LogP contribution in [-0.4, -0.2) is 25.2 Å². The van der Waals surface area contributed by atoms with E-state index in [4.69, 9.17) is 10.5 Å². The Morgan fingerprint density at radius 2 is 1.88 bits per heavy atom. The summed E-state index contributed by atoms with van der Waals surface area (Å²) in [5.74, 6) is -1.01. The van der Waals surface area contributed by atoms with Gasteiger partial charge in [0.15, 0.2) is 0 Å². The molecule has 0 saturated heterocycles. The van der Waals surface area contributed by atoms with Crippen LogP contribution in [0.25, 0.3) is 0 Å². The molecule has 5 nitrogen and oxygen atoms in total. The van der Waals surface area contributed by atoms with Crippen LogP contribution in [0.3, 0.4) is 0 Å². The van der Waals surface area contributed by atoms with E-state index >= 15 is 0 Å². The lowest BCUT2D eigenvalue weighted by Crippen LogP contribution is -2.13. The monoisotopic (exact) mass is 257 g/mol. The van der Waals surface area contributed by atoms with Crippen LogP contribution < -0.4 is 5.73 Å². The zero-order chi connectivity index (χ0) is 13.2. The fraction of sp³-hybridized carbons (Fsp3) is 0.455. The molecule has 0 aliphatic carbocycles. The molecule has 1 aromatic heterocycles. The molecule has 0 saturated carbocycles. The number of methoxy groups -OCH3 is 1. The number of carbonyl (C=O) groups is 2. The van der Waals surface area contributed by atoms with Gasteiger partial charge in [0.1, 0.15) is 9.88 Å². The molecular weight excluding hydrogens is 242 g/mol. The Hall–Kier alpha value is -1.56. The molecule has 0 spiro atoms. The van der Waals surface area contributed by atoms with Gasteiger partial charge in [-0.3, -0.25) is 0 Å². The highest BCUT2D eigenvalue weighted by atomic mass is 32.1. The molecule has 94 valence electrons. The van der Waals surface area contributed by atoms with Crippen LogP contribution in [0, 0.1) is 6.92 Å². The second kappa shape index (κ2) is 5.18. The summed E-state index contributed by atoms with van der Waals surface area (Å²) in [5, 5.41) is 0.272. The summed E-state index contributed by atoms with van der Waals surface area (Å²) in [6.07, 6.45) is -0.234. The average molecular weight is 257 g/mol. The first-order valence-electron chi connectivity index (χ1n) is 5.06. The number of hydrogen-bond acceptors (Lipinski definition) is 6. The Balaban J connectivity index is 3.13. The van der Waals surface area contributed by atoms with Gasteiger partial charge in [0.2, 0.25) is 0 Å². The van der Waals surface area contributed by atoms with Gasteiger partial charge in [0.05, 0.1) is 18.8 Å². The van der Waals surface area contributed by atoms with E-state index in [2.05, 4.69) is 4.74 Å².